The first kappa shape index (κ1) is 31.8. The van der Waals surface area contributed by atoms with E-state index in [0.29, 0.717) is 18.4 Å². The summed E-state index contributed by atoms with van der Waals surface area (Å²) in [6.07, 6.45) is 0.945. The number of hydrogen-bond acceptors (Lipinski definition) is 7. The normalized spacial score (nSPS) is 13.8. The lowest BCUT2D eigenvalue weighted by molar-refractivity contribution is -0.141. The summed E-state index contributed by atoms with van der Waals surface area (Å²) in [5.74, 6) is -4.39. The Kier molecular flexibility index (Phi) is 12.6. The molecule has 0 aliphatic carbocycles. The van der Waals surface area contributed by atoms with Crippen molar-refractivity contribution in [1.29, 1.82) is 0 Å². The smallest absolute Gasteiger partial charge is 0.305 e. The van der Waals surface area contributed by atoms with Crippen molar-refractivity contribution >= 4 is 29.6 Å². The van der Waals surface area contributed by atoms with Gasteiger partial charge in [0.2, 0.25) is 23.6 Å². The number of aromatic hydroxyl groups is 1. The van der Waals surface area contributed by atoms with Gasteiger partial charge in [-0.25, -0.2) is 0 Å². The number of carbonyl (C=O) groups is 5. The van der Waals surface area contributed by atoms with E-state index < -0.39 is 60.2 Å². The van der Waals surface area contributed by atoms with Gasteiger partial charge in [-0.15, -0.1) is 0 Å². The molecule has 0 aliphatic heterocycles. The van der Waals surface area contributed by atoms with Crippen LogP contribution in [0.2, 0.25) is 0 Å². The van der Waals surface area contributed by atoms with Gasteiger partial charge in [0.05, 0.1) is 12.5 Å². The van der Waals surface area contributed by atoms with E-state index in [4.69, 9.17) is 11.5 Å². The Morgan fingerprint density at radius 2 is 1.32 bits per heavy atom. The van der Waals surface area contributed by atoms with Crippen molar-refractivity contribution in [3.05, 3.63) is 65.7 Å². The Hall–Kier alpha value is -4.45. The number of carbonyl (C=O) groups excluding carboxylic acids is 4. The summed E-state index contributed by atoms with van der Waals surface area (Å²) in [5, 5.41) is 26.2. The molecule has 4 atom stereocenters. The number of phenolic OH excluding ortho intramolecular Hbond substituents is 1. The second-order valence-corrected chi connectivity index (χ2v) is 9.49. The van der Waals surface area contributed by atoms with E-state index in [0.717, 1.165) is 5.56 Å². The van der Waals surface area contributed by atoms with Crippen LogP contribution in [0.25, 0.3) is 0 Å². The van der Waals surface area contributed by atoms with Crippen molar-refractivity contribution in [1.82, 2.24) is 16.0 Å². The summed E-state index contributed by atoms with van der Waals surface area (Å²) in [6.45, 7) is 1.89. The molecule has 0 saturated carbocycles. The number of hydrogen-bond donors (Lipinski definition) is 7. The van der Waals surface area contributed by atoms with E-state index in [1.54, 1.807) is 42.5 Å². The number of amides is 4. The van der Waals surface area contributed by atoms with Crippen LogP contribution in [0.3, 0.4) is 0 Å². The fourth-order valence-electron chi connectivity index (χ4n) is 3.94. The highest BCUT2D eigenvalue weighted by atomic mass is 16.4. The zero-order chi connectivity index (χ0) is 29.7. The molecular formula is C28H37N5O7. The standard InChI is InChI=1S/C28H37N5O7/c1-2-3-9-21(31-26(38)20(29)14-18-10-12-19(34)13-11-18)27(39)33-23(16-24(35)36)28(40)32-22(25(30)37)15-17-7-5-4-6-8-17/h4-8,10-13,20-23,34H,2-3,9,14-16,29H2,1H3,(H2,30,37)(H,31,38)(H,32,40)(H,33,39)(H,35,36)/t20-,21-,22-,23-/m0/s1. The van der Waals surface area contributed by atoms with E-state index in [2.05, 4.69) is 16.0 Å². The largest absolute Gasteiger partial charge is 0.508 e. The highest BCUT2D eigenvalue weighted by Gasteiger charge is 2.31. The molecule has 0 unspecified atom stereocenters. The average Bonchev–Trinajstić information content (AvgIpc) is 2.91. The van der Waals surface area contributed by atoms with Crippen LogP contribution >= 0.6 is 0 Å². The van der Waals surface area contributed by atoms with Crippen molar-refractivity contribution < 1.29 is 34.2 Å². The molecule has 12 heteroatoms. The highest BCUT2D eigenvalue weighted by molar-refractivity contribution is 5.96. The maximum Gasteiger partial charge on any atom is 0.305 e. The molecule has 0 spiro atoms. The van der Waals surface area contributed by atoms with Crippen molar-refractivity contribution in [3.8, 4) is 5.75 Å². The Balaban J connectivity index is 2.11. The number of carboxylic acid groups (broad SMARTS) is 1. The minimum Gasteiger partial charge on any atom is -0.508 e. The lowest BCUT2D eigenvalue weighted by Crippen LogP contribution is -2.58. The van der Waals surface area contributed by atoms with Crippen molar-refractivity contribution in [2.75, 3.05) is 0 Å². The SMILES string of the molecule is CCCC[C@H](NC(=O)[C@@H](N)Cc1ccc(O)cc1)C(=O)N[C@@H](CC(=O)O)C(=O)N[C@@H](Cc1ccccc1)C(N)=O. The monoisotopic (exact) mass is 555 g/mol. The summed E-state index contributed by atoms with van der Waals surface area (Å²) >= 11 is 0. The molecule has 4 amide bonds. The minimum absolute atomic E-state index is 0.0697. The van der Waals surface area contributed by atoms with Crippen LogP contribution in [0, 0.1) is 0 Å². The van der Waals surface area contributed by atoms with E-state index >= 15 is 0 Å². The van der Waals surface area contributed by atoms with Gasteiger partial charge in [0, 0.05) is 6.42 Å². The fourth-order valence-corrected chi connectivity index (χ4v) is 3.94. The maximum absolute atomic E-state index is 13.2. The van der Waals surface area contributed by atoms with Gasteiger partial charge in [-0.3, -0.25) is 24.0 Å². The van der Waals surface area contributed by atoms with Gasteiger partial charge in [-0.1, -0.05) is 62.2 Å². The number of benzene rings is 2. The second kappa shape index (κ2) is 15.8. The molecule has 12 nitrogen and oxygen atoms in total. The van der Waals surface area contributed by atoms with E-state index in [9.17, 15) is 34.2 Å². The molecule has 0 bridgehead atoms. The van der Waals surface area contributed by atoms with Crippen LogP contribution in [0.4, 0.5) is 0 Å². The number of rotatable bonds is 16. The number of unbranched alkanes of at least 4 members (excludes halogenated alkanes) is 1. The van der Waals surface area contributed by atoms with Gasteiger partial charge in [0.15, 0.2) is 0 Å². The van der Waals surface area contributed by atoms with Crippen LogP contribution in [0.5, 0.6) is 5.75 Å². The van der Waals surface area contributed by atoms with Gasteiger partial charge in [-0.2, -0.15) is 0 Å². The third kappa shape index (κ3) is 10.7. The Morgan fingerprint density at radius 1 is 0.775 bits per heavy atom. The van der Waals surface area contributed by atoms with Gasteiger partial charge in [-0.05, 0) is 36.1 Å². The van der Waals surface area contributed by atoms with Gasteiger partial charge in [0.25, 0.3) is 0 Å². The van der Waals surface area contributed by atoms with Crippen molar-refractivity contribution in [3.63, 3.8) is 0 Å². The summed E-state index contributed by atoms with van der Waals surface area (Å²) < 4.78 is 0. The number of nitrogens with one attached hydrogen (secondary N) is 3. The number of nitrogens with two attached hydrogens (primary N) is 2. The van der Waals surface area contributed by atoms with E-state index in [1.807, 2.05) is 6.92 Å². The fraction of sp³-hybridized carbons (Fsp3) is 0.393. The zero-order valence-electron chi connectivity index (χ0n) is 22.3. The molecule has 0 aromatic heterocycles. The maximum atomic E-state index is 13.2. The summed E-state index contributed by atoms with van der Waals surface area (Å²) in [4.78, 5) is 62.4. The summed E-state index contributed by atoms with van der Waals surface area (Å²) in [7, 11) is 0. The molecule has 0 saturated heterocycles. The summed E-state index contributed by atoms with van der Waals surface area (Å²) in [6, 6.07) is 10.2. The average molecular weight is 556 g/mol. The minimum atomic E-state index is -1.53. The molecule has 9 N–H and O–H groups in total. The third-order valence-electron chi connectivity index (χ3n) is 6.16. The molecule has 216 valence electrons. The molecule has 0 radical (unpaired) electrons. The molecule has 0 fully saturated rings. The molecule has 2 aromatic carbocycles. The molecule has 40 heavy (non-hydrogen) atoms. The van der Waals surface area contributed by atoms with Crippen LogP contribution in [-0.4, -0.2) is 64.0 Å². The predicted molar refractivity (Wildman–Crippen MR) is 147 cm³/mol. The van der Waals surface area contributed by atoms with E-state index in [1.165, 1.54) is 12.1 Å². The first-order valence-electron chi connectivity index (χ1n) is 13.0. The molecule has 2 rings (SSSR count). The highest BCUT2D eigenvalue weighted by Crippen LogP contribution is 2.11. The number of carboxylic acids is 1. The molecule has 2 aromatic rings. The number of primary amides is 1. The van der Waals surface area contributed by atoms with Gasteiger partial charge < -0.3 is 37.6 Å². The molecule has 0 heterocycles. The second-order valence-electron chi connectivity index (χ2n) is 9.49. The van der Waals surface area contributed by atoms with Crippen molar-refractivity contribution in [2.24, 2.45) is 11.5 Å². The predicted octanol–water partition coefficient (Wildman–Crippen LogP) is 0.109. The van der Waals surface area contributed by atoms with Crippen molar-refractivity contribution in [2.45, 2.75) is 69.6 Å². The van der Waals surface area contributed by atoms with Crippen LogP contribution in [-0.2, 0) is 36.8 Å². The van der Waals surface area contributed by atoms with Gasteiger partial charge >= 0.3 is 5.97 Å². The van der Waals surface area contributed by atoms with Gasteiger partial charge in [0.1, 0.15) is 23.9 Å². The van der Waals surface area contributed by atoms with Crippen LogP contribution in [0.15, 0.2) is 54.6 Å². The molecule has 0 aliphatic rings. The number of phenols is 1. The number of aliphatic carboxylic acids is 1. The Bertz CT molecular complexity index is 1160. The summed E-state index contributed by atoms with van der Waals surface area (Å²) in [5.41, 5.74) is 12.9. The lowest BCUT2D eigenvalue weighted by Gasteiger charge is -2.25. The third-order valence-corrected chi connectivity index (χ3v) is 6.16. The lowest BCUT2D eigenvalue weighted by atomic mass is 10.0. The Labute approximate surface area is 232 Å². The van der Waals surface area contributed by atoms with E-state index in [-0.39, 0.29) is 25.0 Å². The zero-order valence-corrected chi connectivity index (χ0v) is 22.3. The molecular weight excluding hydrogens is 518 g/mol. The topological polar surface area (TPSA) is 214 Å². The Morgan fingerprint density at radius 3 is 1.90 bits per heavy atom. The van der Waals surface area contributed by atoms with Crippen LogP contribution in [0.1, 0.15) is 43.7 Å². The quantitative estimate of drug-likeness (QED) is 0.151. The first-order chi connectivity index (χ1) is 19.0. The van der Waals surface area contributed by atoms with Crippen LogP contribution < -0.4 is 27.4 Å². The first-order valence-corrected chi connectivity index (χ1v) is 13.0.